The predicted molar refractivity (Wildman–Crippen MR) is 88.0 cm³/mol. The van der Waals surface area contributed by atoms with Crippen LogP contribution < -0.4 is 10.2 Å². The molecule has 7 nitrogen and oxygen atoms in total. The monoisotopic (exact) mass is 333 g/mol. The van der Waals surface area contributed by atoms with Crippen LogP contribution in [0.4, 0.5) is 16.4 Å². The first-order chi connectivity index (χ1) is 11.1. The van der Waals surface area contributed by atoms with E-state index < -0.39 is 0 Å². The van der Waals surface area contributed by atoms with Crippen molar-refractivity contribution >= 4 is 29.3 Å². The van der Waals surface area contributed by atoms with Gasteiger partial charge >= 0.3 is 6.03 Å². The number of carbonyl (C=O) groups is 1. The van der Waals surface area contributed by atoms with E-state index >= 15 is 0 Å². The number of rotatable bonds is 2. The van der Waals surface area contributed by atoms with E-state index in [1.165, 1.54) is 12.3 Å². The second-order valence-electron chi connectivity index (χ2n) is 5.14. The molecule has 2 aromatic heterocycles. The topological polar surface area (TPSA) is 81.6 Å². The second-order valence-corrected chi connectivity index (χ2v) is 5.58. The molecule has 0 saturated carbocycles. The summed E-state index contributed by atoms with van der Waals surface area (Å²) in [5, 5.41) is 12.5. The molecule has 0 spiro atoms. The number of nitrogens with one attached hydrogen (secondary N) is 1. The molecular formula is C15H16ClN5O2. The van der Waals surface area contributed by atoms with Crippen LogP contribution in [0.5, 0.6) is 5.75 Å². The van der Waals surface area contributed by atoms with E-state index in [1.807, 2.05) is 6.07 Å². The van der Waals surface area contributed by atoms with Gasteiger partial charge in [-0.05, 0) is 24.3 Å². The number of carbonyl (C=O) groups excluding carboxylic acids is 1. The van der Waals surface area contributed by atoms with Gasteiger partial charge in [-0.1, -0.05) is 11.6 Å². The average molecular weight is 334 g/mol. The number of hydrogen-bond acceptors (Lipinski definition) is 5. The number of amides is 2. The van der Waals surface area contributed by atoms with Gasteiger partial charge in [0.2, 0.25) is 0 Å². The smallest absolute Gasteiger partial charge is 0.323 e. The molecule has 1 fully saturated rings. The van der Waals surface area contributed by atoms with E-state index in [0.29, 0.717) is 37.0 Å². The van der Waals surface area contributed by atoms with E-state index in [4.69, 9.17) is 11.6 Å². The fourth-order valence-electron chi connectivity index (χ4n) is 2.34. The molecule has 0 radical (unpaired) electrons. The Bertz CT molecular complexity index is 669. The standard InChI is InChI=1S/C15H16ClN5O2/c16-11-1-4-14(18-9-11)20-5-7-21(8-6-20)15(23)19-13-3-2-12(22)10-17-13/h1-4,9-10,22H,5-8H2,(H,17,19,23). The molecule has 23 heavy (non-hydrogen) atoms. The molecule has 2 amide bonds. The average Bonchev–Trinajstić information content (AvgIpc) is 2.58. The van der Waals surface area contributed by atoms with Crippen LogP contribution in [-0.2, 0) is 0 Å². The minimum absolute atomic E-state index is 0.0621. The zero-order valence-corrected chi connectivity index (χ0v) is 13.1. The fraction of sp³-hybridized carbons (Fsp3) is 0.267. The summed E-state index contributed by atoms with van der Waals surface area (Å²) in [6.07, 6.45) is 2.91. The van der Waals surface area contributed by atoms with E-state index in [9.17, 15) is 9.90 Å². The quantitative estimate of drug-likeness (QED) is 0.880. The Kier molecular flexibility index (Phi) is 4.47. The SMILES string of the molecule is O=C(Nc1ccc(O)cn1)N1CCN(c2ccc(Cl)cn2)CC1. The summed E-state index contributed by atoms with van der Waals surface area (Å²) in [6.45, 7) is 2.58. The maximum absolute atomic E-state index is 12.2. The summed E-state index contributed by atoms with van der Waals surface area (Å²) in [5.74, 6) is 1.33. The Morgan fingerprint density at radius 2 is 1.87 bits per heavy atom. The van der Waals surface area contributed by atoms with Crippen LogP contribution in [-0.4, -0.2) is 52.2 Å². The molecule has 1 aliphatic heterocycles. The Hall–Kier alpha value is -2.54. The van der Waals surface area contributed by atoms with E-state index in [1.54, 1.807) is 23.2 Å². The van der Waals surface area contributed by atoms with Crippen LogP contribution in [0.3, 0.4) is 0 Å². The first-order valence-corrected chi connectivity index (χ1v) is 7.57. The number of aromatic hydroxyl groups is 1. The van der Waals surface area contributed by atoms with Gasteiger partial charge in [0.15, 0.2) is 0 Å². The lowest BCUT2D eigenvalue weighted by Gasteiger charge is -2.35. The third-order valence-electron chi connectivity index (χ3n) is 3.59. The number of aromatic nitrogens is 2. The predicted octanol–water partition coefficient (Wildman–Crippen LogP) is 2.19. The number of nitrogens with zero attached hydrogens (tertiary/aromatic N) is 4. The molecular weight excluding hydrogens is 318 g/mol. The fourth-order valence-corrected chi connectivity index (χ4v) is 2.45. The molecule has 0 unspecified atom stereocenters. The zero-order chi connectivity index (χ0) is 16.2. The molecule has 3 heterocycles. The van der Waals surface area contributed by atoms with Gasteiger partial charge in [0.25, 0.3) is 0 Å². The summed E-state index contributed by atoms with van der Waals surface area (Å²) in [7, 11) is 0. The van der Waals surface area contributed by atoms with Gasteiger partial charge in [0.1, 0.15) is 17.4 Å². The molecule has 0 atom stereocenters. The molecule has 2 N–H and O–H groups in total. The molecule has 8 heteroatoms. The first kappa shape index (κ1) is 15.4. The van der Waals surface area contributed by atoms with Crippen LogP contribution in [0.1, 0.15) is 0 Å². The highest BCUT2D eigenvalue weighted by Gasteiger charge is 2.22. The molecule has 0 bridgehead atoms. The number of hydrogen-bond donors (Lipinski definition) is 2. The highest BCUT2D eigenvalue weighted by molar-refractivity contribution is 6.30. The Morgan fingerprint density at radius 1 is 1.09 bits per heavy atom. The third kappa shape index (κ3) is 3.81. The number of piperazine rings is 1. The summed E-state index contributed by atoms with van der Waals surface area (Å²) in [6, 6.07) is 6.51. The zero-order valence-electron chi connectivity index (χ0n) is 12.3. The first-order valence-electron chi connectivity index (χ1n) is 7.19. The summed E-state index contributed by atoms with van der Waals surface area (Å²) >= 11 is 5.84. The second kappa shape index (κ2) is 6.70. The van der Waals surface area contributed by atoms with Crippen molar-refractivity contribution in [1.82, 2.24) is 14.9 Å². The van der Waals surface area contributed by atoms with Gasteiger partial charge in [0, 0.05) is 32.4 Å². The van der Waals surface area contributed by atoms with Gasteiger partial charge in [-0.25, -0.2) is 14.8 Å². The molecule has 1 aliphatic rings. The Morgan fingerprint density at radius 3 is 2.48 bits per heavy atom. The van der Waals surface area contributed by atoms with Crippen molar-refractivity contribution < 1.29 is 9.90 Å². The van der Waals surface area contributed by atoms with Crippen LogP contribution in [0.25, 0.3) is 0 Å². The lowest BCUT2D eigenvalue weighted by atomic mass is 10.3. The Labute approximate surface area is 138 Å². The van der Waals surface area contributed by atoms with Gasteiger partial charge in [-0.15, -0.1) is 0 Å². The number of anilines is 2. The van der Waals surface area contributed by atoms with E-state index in [2.05, 4.69) is 20.2 Å². The third-order valence-corrected chi connectivity index (χ3v) is 3.81. The van der Waals surface area contributed by atoms with E-state index in [-0.39, 0.29) is 11.8 Å². The maximum atomic E-state index is 12.2. The highest BCUT2D eigenvalue weighted by Crippen LogP contribution is 2.17. The van der Waals surface area contributed by atoms with Gasteiger partial charge in [0.05, 0.1) is 11.2 Å². The molecule has 0 aliphatic carbocycles. The van der Waals surface area contributed by atoms with Crippen LogP contribution in [0, 0.1) is 0 Å². The van der Waals surface area contributed by atoms with E-state index in [0.717, 1.165) is 5.82 Å². The number of pyridine rings is 2. The highest BCUT2D eigenvalue weighted by atomic mass is 35.5. The number of halogens is 1. The van der Waals surface area contributed by atoms with Crippen molar-refractivity contribution in [2.45, 2.75) is 0 Å². The van der Waals surface area contributed by atoms with Crippen molar-refractivity contribution in [1.29, 1.82) is 0 Å². The van der Waals surface area contributed by atoms with Crippen molar-refractivity contribution in [3.63, 3.8) is 0 Å². The lowest BCUT2D eigenvalue weighted by Crippen LogP contribution is -2.50. The summed E-state index contributed by atoms with van der Waals surface area (Å²) < 4.78 is 0. The molecule has 120 valence electrons. The summed E-state index contributed by atoms with van der Waals surface area (Å²) in [4.78, 5) is 24.3. The van der Waals surface area contributed by atoms with Crippen molar-refractivity contribution in [2.24, 2.45) is 0 Å². The van der Waals surface area contributed by atoms with Gasteiger partial charge in [-0.3, -0.25) is 5.32 Å². The van der Waals surface area contributed by atoms with Crippen LogP contribution in [0.15, 0.2) is 36.7 Å². The molecule has 3 rings (SSSR count). The van der Waals surface area contributed by atoms with Crippen molar-refractivity contribution in [2.75, 3.05) is 36.4 Å². The Balaban J connectivity index is 1.54. The lowest BCUT2D eigenvalue weighted by molar-refractivity contribution is 0.208. The van der Waals surface area contributed by atoms with Crippen molar-refractivity contribution in [3.05, 3.63) is 41.7 Å². The normalized spacial score (nSPS) is 14.7. The van der Waals surface area contributed by atoms with Crippen LogP contribution in [0.2, 0.25) is 5.02 Å². The molecule has 0 aromatic carbocycles. The maximum Gasteiger partial charge on any atom is 0.323 e. The largest absolute Gasteiger partial charge is 0.506 e. The minimum atomic E-state index is -0.202. The minimum Gasteiger partial charge on any atom is -0.506 e. The van der Waals surface area contributed by atoms with Crippen molar-refractivity contribution in [3.8, 4) is 5.75 Å². The molecule has 1 saturated heterocycles. The van der Waals surface area contributed by atoms with Gasteiger partial charge in [-0.2, -0.15) is 0 Å². The summed E-state index contributed by atoms with van der Waals surface area (Å²) in [5.41, 5.74) is 0. The number of urea groups is 1. The van der Waals surface area contributed by atoms with Gasteiger partial charge < -0.3 is 14.9 Å². The van der Waals surface area contributed by atoms with Crippen LogP contribution >= 0.6 is 11.6 Å². The molecule has 2 aromatic rings.